The molecule has 1 aliphatic heterocycles. The van der Waals surface area contributed by atoms with Crippen molar-refractivity contribution in [3.8, 4) is 0 Å². The van der Waals surface area contributed by atoms with Gasteiger partial charge in [-0.2, -0.15) is 10.2 Å². The number of piperidine rings is 1. The number of hydrogen-bond acceptors (Lipinski definition) is 5. The van der Waals surface area contributed by atoms with Crippen LogP contribution in [0.2, 0.25) is 0 Å². The zero-order valence-corrected chi connectivity index (χ0v) is 13.8. The van der Waals surface area contributed by atoms with Gasteiger partial charge in [-0.3, -0.25) is 14.3 Å². The zero-order valence-electron chi connectivity index (χ0n) is 13.8. The second kappa shape index (κ2) is 7.29. The van der Waals surface area contributed by atoms with Gasteiger partial charge in [0.2, 0.25) is 5.91 Å². The summed E-state index contributed by atoms with van der Waals surface area (Å²) in [5, 5.41) is 11.5. The minimum absolute atomic E-state index is 0.0331. The van der Waals surface area contributed by atoms with E-state index < -0.39 is 0 Å². The fraction of sp³-hybridized carbons (Fsp3) is 0.500. The van der Waals surface area contributed by atoms with Crippen LogP contribution in [0.15, 0.2) is 35.4 Å². The van der Waals surface area contributed by atoms with Gasteiger partial charge in [-0.05, 0) is 25.0 Å². The van der Waals surface area contributed by atoms with Crippen LogP contribution in [0.1, 0.15) is 19.3 Å². The molecule has 1 saturated heterocycles. The van der Waals surface area contributed by atoms with Gasteiger partial charge < -0.3 is 10.2 Å². The number of hydrogen-bond donors (Lipinski definition) is 1. The van der Waals surface area contributed by atoms with Crippen LogP contribution in [0.4, 0.5) is 5.82 Å². The summed E-state index contributed by atoms with van der Waals surface area (Å²) in [5.41, 5.74) is -0.126. The molecule has 1 unspecified atom stereocenters. The topological polar surface area (TPSA) is 85.1 Å². The molecule has 2 aromatic heterocycles. The summed E-state index contributed by atoms with van der Waals surface area (Å²) in [6.07, 6.45) is 5.90. The molecule has 0 aliphatic carbocycles. The first kappa shape index (κ1) is 16.2. The van der Waals surface area contributed by atoms with Crippen molar-refractivity contribution in [1.29, 1.82) is 0 Å². The third-order valence-electron chi connectivity index (χ3n) is 4.18. The number of carbonyl (C=O) groups excluding carboxylic acids is 1. The minimum atomic E-state index is -0.126. The number of nitrogens with one attached hydrogen (secondary N) is 1. The zero-order chi connectivity index (χ0) is 16.9. The molecular weight excluding hydrogens is 308 g/mol. The fourth-order valence-corrected chi connectivity index (χ4v) is 2.91. The van der Waals surface area contributed by atoms with Gasteiger partial charge in [0.25, 0.3) is 5.56 Å². The third kappa shape index (κ3) is 4.01. The van der Waals surface area contributed by atoms with Crippen molar-refractivity contribution in [3.63, 3.8) is 0 Å². The number of aromatic nitrogens is 4. The fourth-order valence-electron chi connectivity index (χ4n) is 2.91. The molecule has 24 heavy (non-hydrogen) atoms. The maximum Gasteiger partial charge on any atom is 0.266 e. The molecule has 1 N–H and O–H groups in total. The lowest BCUT2D eigenvalue weighted by atomic mass is 10.1. The van der Waals surface area contributed by atoms with E-state index >= 15 is 0 Å². The summed E-state index contributed by atoms with van der Waals surface area (Å²) in [6.45, 7) is 2.17. The van der Waals surface area contributed by atoms with Crippen molar-refractivity contribution < 1.29 is 4.79 Å². The summed E-state index contributed by atoms with van der Waals surface area (Å²) in [5.74, 6) is 0.804. The Morgan fingerprint density at radius 1 is 1.42 bits per heavy atom. The summed E-state index contributed by atoms with van der Waals surface area (Å²) in [6, 6.07) is 5.21. The predicted octanol–water partition coefficient (Wildman–Crippen LogP) is 0.152. The number of anilines is 1. The van der Waals surface area contributed by atoms with Crippen LogP contribution in [0.3, 0.4) is 0 Å². The van der Waals surface area contributed by atoms with Crippen LogP contribution in [0, 0.1) is 0 Å². The Hall–Kier alpha value is -2.64. The van der Waals surface area contributed by atoms with Crippen molar-refractivity contribution in [2.45, 2.75) is 31.8 Å². The van der Waals surface area contributed by atoms with Crippen molar-refractivity contribution in [2.24, 2.45) is 7.05 Å². The highest BCUT2D eigenvalue weighted by Gasteiger charge is 2.22. The van der Waals surface area contributed by atoms with Crippen molar-refractivity contribution in [3.05, 3.63) is 40.9 Å². The summed E-state index contributed by atoms with van der Waals surface area (Å²) in [7, 11) is 1.64. The molecule has 0 aromatic carbocycles. The molecule has 0 saturated carbocycles. The smallest absolute Gasteiger partial charge is 0.266 e. The van der Waals surface area contributed by atoms with E-state index in [0.717, 1.165) is 25.2 Å². The number of amides is 1. The van der Waals surface area contributed by atoms with Crippen LogP contribution >= 0.6 is 0 Å². The lowest BCUT2D eigenvalue weighted by Gasteiger charge is -2.33. The molecule has 8 heteroatoms. The van der Waals surface area contributed by atoms with E-state index in [4.69, 9.17) is 0 Å². The number of carbonyl (C=O) groups is 1. The van der Waals surface area contributed by atoms with Gasteiger partial charge in [-0.1, -0.05) is 0 Å². The van der Waals surface area contributed by atoms with Crippen LogP contribution in [-0.2, 0) is 18.4 Å². The van der Waals surface area contributed by atoms with E-state index in [1.807, 2.05) is 12.3 Å². The van der Waals surface area contributed by atoms with Gasteiger partial charge in [0.1, 0.15) is 5.82 Å². The molecule has 3 rings (SSSR count). The normalized spacial score (nSPS) is 17.7. The Balaban J connectivity index is 1.54. The molecule has 1 aliphatic rings. The summed E-state index contributed by atoms with van der Waals surface area (Å²) in [4.78, 5) is 25.7. The van der Waals surface area contributed by atoms with Gasteiger partial charge in [-0.25, -0.2) is 4.68 Å². The quantitative estimate of drug-likeness (QED) is 0.844. The Kier molecular flexibility index (Phi) is 4.93. The first-order chi connectivity index (χ1) is 11.6. The van der Waals surface area contributed by atoms with Crippen molar-refractivity contribution in [1.82, 2.24) is 24.9 Å². The van der Waals surface area contributed by atoms with Crippen LogP contribution in [0.25, 0.3) is 0 Å². The average molecular weight is 330 g/mol. The van der Waals surface area contributed by atoms with E-state index in [1.165, 1.54) is 10.7 Å². The maximum atomic E-state index is 12.1. The minimum Gasteiger partial charge on any atom is -0.353 e. The highest BCUT2D eigenvalue weighted by molar-refractivity contribution is 5.76. The molecule has 8 nitrogen and oxygen atoms in total. The molecule has 1 fully saturated rings. The maximum absolute atomic E-state index is 12.1. The van der Waals surface area contributed by atoms with E-state index in [0.29, 0.717) is 19.5 Å². The third-order valence-corrected chi connectivity index (χ3v) is 4.18. The standard InChI is InChI=1S/C16H22N6O2/c1-20-16(24)6-5-14(19-20)21-9-2-4-13(12-21)18-15(23)7-11-22-10-3-8-17-22/h3,5-6,8,10,13H,2,4,7,9,11-12H2,1H3,(H,18,23). The molecule has 0 radical (unpaired) electrons. The van der Waals surface area contributed by atoms with Crippen molar-refractivity contribution in [2.75, 3.05) is 18.0 Å². The van der Waals surface area contributed by atoms with Gasteiger partial charge in [0.05, 0.1) is 0 Å². The highest BCUT2D eigenvalue weighted by atomic mass is 16.1. The number of nitrogens with zero attached hydrogens (tertiary/aromatic N) is 5. The molecule has 0 bridgehead atoms. The molecule has 128 valence electrons. The largest absolute Gasteiger partial charge is 0.353 e. The Bertz CT molecular complexity index is 739. The molecular formula is C16H22N6O2. The molecule has 1 amide bonds. The Labute approximate surface area is 140 Å². The number of aryl methyl sites for hydroxylation is 2. The van der Waals surface area contributed by atoms with E-state index in [2.05, 4.69) is 20.4 Å². The van der Waals surface area contributed by atoms with Crippen LogP contribution in [0.5, 0.6) is 0 Å². The molecule has 2 aromatic rings. The van der Waals surface area contributed by atoms with Gasteiger partial charge in [0.15, 0.2) is 0 Å². The lowest BCUT2D eigenvalue weighted by Crippen LogP contribution is -2.48. The summed E-state index contributed by atoms with van der Waals surface area (Å²) >= 11 is 0. The average Bonchev–Trinajstić information content (AvgIpc) is 3.09. The van der Waals surface area contributed by atoms with Crippen LogP contribution in [-0.4, -0.2) is 44.6 Å². The second-order valence-corrected chi connectivity index (χ2v) is 6.03. The molecule has 0 spiro atoms. The van der Waals surface area contributed by atoms with E-state index in [1.54, 1.807) is 24.0 Å². The lowest BCUT2D eigenvalue weighted by molar-refractivity contribution is -0.122. The van der Waals surface area contributed by atoms with Crippen LogP contribution < -0.4 is 15.8 Å². The molecule has 3 heterocycles. The van der Waals surface area contributed by atoms with Crippen molar-refractivity contribution >= 4 is 11.7 Å². The Morgan fingerprint density at radius 2 is 2.29 bits per heavy atom. The van der Waals surface area contributed by atoms with E-state index in [-0.39, 0.29) is 17.5 Å². The van der Waals surface area contributed by atoms with Gasteiger partial charge in [0, 0.05) is 57.6 Å². The second-order valence-electron chi connectivity index (χ2n) is 6.03. The van der Waals surface area contributed by atoms with E-state index in [9.17, 15) is 9.59 Å². The number of rotatable bonds is 5. The first-order valence-electron chi connectivity index (χ1n) is 8.18. The first-order valence-corrected chi connectivity index (χ1v) is 8.18. The van der Waals surface area contributed by atoms with Gasteiger partial charge >= 0.3 is 0 Å². The monoisotopic (exact) mass is 330 g/mol. The summed E-state index contributed by atoms with van der Waals surface area (Å²) < 4.78 is 3.09. The SMILES string of the molecule is Cn1nc(N2CCCC(NC(=O)CCn3cccn3)C2)ccc1=O. The predicted molar refractivity (Wildman–Crippen MR) is 89.7 cm³/mol. The highest BCUT2D eigenvalue weighted by Crippen LogP contribution is 2.16. The molecule has 1 atom stereocenters. The Morgan fingerprint density at radius 3 is 3.04 bits per heavy atom. The van der Waals surface area contributed by atoms with Gasteiger partial charge in [-0.15, -0.1) is 0 Å².